The molecule has 1 unspecified atom stereocenters. The van der Waals surface area contributed by atoms with Gasteiger partial charge in [0.05, 0.1) is 13.1 Å². The summed E-state index contributed by atoms with van der Waals surface area (Å²) in [4.78, 5) is 22.3. The number of hydrogen-bond acceptors (Lipinski definition) is 3. The molecule has 0 aliphatic heterocycles. The minimum atomic E-state index is -0.808. The molecule has 7 heteroatoms. The molecular weight excluding hydrogens is 386 g/mol. The van der Waals surface area contributed by atoms with Crippen LogP contribution < -0.4 is 5.32 Å². The molecule has 0 saturated carbocycles. The molecule has 0 aliphatic rings. The van der Waals surface area contributed by atoms with E-state index in [1.165, 1.54) is 11.3 Å². The van der Waals surface area contributed by atoms with Gasteiger partial charge in [0.15, 0.2) is 0 Å². The van der Waals surface area contributed by atoms with Crippen LogP contribution in [0.5, 0.6) is 0 Å². The fourth-order valence-electron chi connectivity index (χ4n) is 1.33. The lowest BCUT2D eigenvalue weighted by atomic mass is 10.1. The molecule has 0 aromatic carbocycles. The van der Waals surface area contributed by atoms with E-state index in [1.807, 2.05) is 6.92 Å². The predicted octanol–water partition coefficient (Wildman–Crippen LogP) is 3.50. The second-order valence-corrected chi connectivity index (χ2v) is 7.73. The van der Waals surface area contributed by atoms with E-state index < -0.39 is 5.97 Å². The molecule has 0 radical (unpaired) electrons. The highest BCUT2D eigenvalue weighted by molar-refractivity contribution is 9.12. The highest BCUT2D eigenvalue weighted by Gasteiger charge is 2.14. The van der Waals surface area contributed by atoms with Gasteiger partial charge in [-0.1, -0.05) is 6.92 Å². The minimum absolute atomic E-state index is 0.130. The topological polar surface area (TPSA) is 66.4 Å². The van der Waals surface area contributed by atoms with Crippen molar-refractivity contribution in [2.24, 2.45) is 5.92 Å². The van der Waals surface area contributed by atoms with E-state index in [0.717, 1.165) is 7.57 Å². The van der Waals surface area contributed by atoms with Crippen molar-refractivity contribution in [1.29, 1.82) is 0 Å². The monoisotopic (exact) mass is 397 g/mol. The third kappa shape index (κ3) is 5.07. The molecular formula is C11H13Br2NO3S. The molecule has 1 heterocycles. The van der Waals surface area contributed by atoms with Crippen molar-refractivity contribution in [1.82, 2.24) is 5.32 Å². The van der Waals surface area contributed by atoms with Gasteiger partial charge < -0.3 is 10.4 Å². The van der Waals surface area contributed by atoms with Gasteiger partial charge in [-0.05, 0) is 50.3 Å². The van der Waals surface area contributed by atoms with Crippen molar-refractivity contribution in [2.45, 2.75) is 19.8 Å². The molecule has 1 aromatic rings. The summed E-state index contributed by atoms with van der Waals surface area (Å²) in [6.45, 7) is 2.40. The number of hydrogen-bond donors (Lipinski definition) is 2. The number of carbonyl (C=O) groups is 2. The van der Waals surface area contributed by atoms with Crippen LogP contribution in [-0.4, -0.2) is 23.5 Å². The molecule has 0 fully saturated rings. The molecule has 0 saturated heterocycles. The standard InChI is InChI=1S/C11H13Br2NO3S/c1-6(2-3-9(15)16)5-14-11(17)7-4-8(12)18-10(7)13/h4,6H,2-3,5H2,1H3,(H,14,17)(H,15,16). The second kappa shape index (κ2) is 7.25. The molecule has 1 rings (SSSR count). The van der Waals surface area contributed by atoms with E-state index in [2.05, 4.69) is 37.2 Å². The Labute approximate surface area is 126 Å². The number of amides is 1. The van der Waals surface area contributed by atoms with Crippen LogP contribution in [0.15, 0.2) is 13.6 Å². The Hall–Kier alpha value is -0.400. The van der Waals surface area contributed by atoms with Crippen LogP contribution in [0.2, 0.25) is 0 Å². The van der Waals surface area contributed by atoms with Crippen molar-refractivity contribution in [3.05, 3.63) is 19.2 Å². The van der Waals surface area contributed by atoms with E-state index in [1.54, 1.807) is 6.07 Å². The van der Waals surface area contributed by atoms with E-state index in [-0.39, 0.29) is 18.2 Å². The van der Waals surface area contributed by atoms with Gasteiger partial charge >= 0.3 is 5.97 Å². The maximum atomic E-state index is 11.8. The summed E-state index contributed by atoms with van der Waals surface area (Å²) in [6, 6.07) is 1.76. The zero-order valence-corrected chi connectivity index (χ0v) is 13.7. The van der Waals surface area contributed by atoms with E-state index in [4.69, 9.17) is 5.11 Å². The summed E-state index contributed by atoms with van der Waals surface area (Å²) < 4.78 is 1.67. The molecule has 1 aromatic heterocycles. The molecule has 0 bridgehead atoms. The first-order chi connectivity index (χ1) is 8.40. The van der Waals surface area contributed by atoms with Crippen LogP contribution in [0.25, 0.3) is 0 Å². The Balaban J connectivity index is 2.41. The molecule has 4 nitrogen and oxygen atoms in total. The van der Waals surface area contributed by atoms with Crippen LogP contribution in [0.1, 0.15) is 30.1 Å². The molecule has 1 atom stereocenters. The highest BCUT2D eigenvalue weighted by atomic mass is 79.9. The number of carboxylic acids is 1. The van der Waals surface area contributed by atoms with E-state index >= 15 is 0 Å². The minimum Gasteiger partial charge on any atom is -0.481 e. The first kappa shape index (κ1) is 15.7. The maximum absolute atomic E-state index is 11.8. The van der Waals surface area contributed by atoms with Crippen molar-refractivity contribution < 1.29 is 14.7 Å². The number of carbonyl (C=O) groups excluding carboxylic acids is 1. The summed E-state index contributed by atoms with van der Waals surface area (Å²) in [7, 11) is 0. The highest BCUT2D eigenvalue weighted by Crippen LogP contribution is 2.31. The Morgan fingerprint density at radius 3 is 2.67 bits per heavy atom. The number of carboxylic acid groups (broad SMARTS) is 1. The van der Waals surface area contributed by atoms with Gasteiger partial charge in [-0.25, -0.2) is 0 Å². The van der Waals surface area contributed by atoms with Crippen molar-refractivity contribution in [3.8, 4) is 0 Å². The quantitative estimate of drug-likeness (QED) is 0.770. The first-order valence-corrected chi connectivity index (χ1v) is 7.75. The van der Waals surface area contributed by atoms with Crippen molar-refractivity contribution in [3.63, 3.8) is 0 Å². The molecule has 0 aliphatic carbocycles. The first-order valence-electron chi connectivity index (χ1n) is 5.35. The Kier molecular flexibility index (Phi) is 6.31. The average molecular weight is 399 g/mol. The van der Waals surface area contributed by atoms with Crippen molar-refractivity contribution in [2.75, 3.05) is 6.54 Å². The lowest BCUT2D eigenvalue weighted by molar-refractivity contribution is -0.137. The number of rotatable bonds is 6. The van der Waals surface area contributed by atoms with Crippen LogP contribution in [-0.2, 0) is 4.79 Å². The van der Waals surface area contributed by atoms with Crippen LogP contribution in [0, 0.1) is 5.92 Å². The van der Waals surface area contributed by atoms with Crippen molar-refractivity contribution >= 4 is 55.1 Å². The Morgan fingerprint density at radius 2 is 2.17 bits per heavy atom. The fraction of sp³-hybridized carbons (Fsp3) is 0.455. The Bertz CT molecular complexity index is 447. The molecule has 2 N–H and O–H groups in total. The van der Waals surface area contributed by atoms with Crippen LogP contribution in [0.4, 0.5) is 0 Å². The number of aliphatic carboxylic acids is 1. The van der Waals surface area contributed by atoms with Gasteiger partial charge in [0.1, 0.15) is 0 Å². The summed E-state index contributed by atoms with van der Waals surface area (Å²) in [5.74, 6) is -0.811. The molecule has 1 amide bonds. The second-order valence-electron chi connectivity index (χ2n) is 3.99. The number of thiophene rings is 1. The third-order valence-electron chi connectivity index (χ3n) is 2.36. The lowest BCUT2D eigenvalue weighted by Crippen LogP contribution is -2.28. The summed E-state index contributed by atoms with van der Waals surface area (Å²) in [5, 5.41) is 11.4. The SMILES string of the molecule is CC(CCC(=O)O)CNC(=O)c1cc(Br)sc1Br. The van der Waals surface area contributed by atoms with Gasteiger partial charge in [0, 0.05) is 13.0 Å². The maximum Gasteiger partial charge on any atom is 0.303 e. The van der Waals surface area contributed by atoms with Gasteiger partial charge in [0.2, 0.25) is 0 Å². The van der Waals surface area contributed by atoms with E-state index in [9.17, 15) is 9.59 Å². The largest absolute Gasteiger partial charge is 0.481 e. The van der Waals surface area contributed by atoms with E-state index in [0.29, 0.717) is 18.5 Å². The Morgan fingerprint density at radius 1 is 1.50 bits per heavy atom. The van der Waals surface area contributed by atoms with Crippen LogP contribution in [0.3, 0.4) is 0 Å². The molecule has 18 heavy (non-hydrogen) atoms. The predicted molar refractivity (Wildman–Crippen MR) is 78.1 cm³/mol. The third-order valence-corrected chi connectivity index (χ3v) is 4.70. The zero-order chi connectivity index (χ0) is 13.7. The van der Waals surface area contributed by atoms with Gasteiger partial charge in [-0.15, -0.1) is 11.3 Å². The zero-order valence-electron chi connectivity index (χ0n) is 9.70. The number of nitrogens with one attached hydrogen (secondary N) is 1. The number of halogens is 2. The normalized spacial score (nSPS) is 12.2. The summed E-state index contributed by atoms with van der Waals surface area (Å²) in [5.41, 5.74) is 0.595. The smallest absolute Gasteiger partial charge is 0.303 e. The van der Waals surface area contributed by atoms with Crippen LogP contribution >= 0.6 is 43.2 Å². The summed E-state index contributed by atoms with van der Waals surface area (Å²) >= 11 is 8.08. The lowest BCUT2D eigenvalue weighted by Gasteiger charge is -2.11. The van der Waals surface area contributed by atoms with Gasteiger partial charge in [0.25, 0.3) is 5.91 Å². The molecule has 0 spiro atoms. The van der Waals surface area contributed by atoms with Gasteiger partial charge in [-0.3, -0.25) is 9.59 Å². The summed E-state index contributed by atoms with van der Waals surface area (Å²) in [6.07, 6.45) is 0.689. The average Bonchev–Trinajstić information content (AvgIpc) is 2.62. The van der Waals surface area contributed by atoms with Gasteiger partial charge in [-0.2, -0.15) is 0 Å². The molecule has 100 valence electrons. The fourth-order valence-corrected chi connectivity index (χ4v) is 4.12.